The molecule has 1 saturated heterocycles. The van der Waals surface area contributed by atoms with E-state index in [4.69, 9.17) is 9.47 Å². The van der Waals surface area contributed by atoms with Crippen LogP contribution in [0, 0.1) is 5.82 Å². The molecular weight excluding hydrogens is 455 g/mol. The highest BCUT2D eigenvalue weighted by molar-refractivity contribution is 5.59. The first-order chi connectivity index (χ1) is 17.5. The Morgan fingerprint density at radius 1 is 1.06 bits per heavy atom. The summed E-state index contributed by atoms with van der Waals surface area (Å²) in [5.74, 6) is 1.50. The number of aromatic hydroxyl groups is 1. The van der Waals surface area contributed by atoms with Gasteiger partial charge >= 0.3 is 0 Å². The van der Waals surface area contributed by atoms with Crippen LogP contribution < -0.4 is 14.4 Å². The van der Waals surface area contributed by atoms with Crippen molar-refractivity contribution in [3.05, 3.63) is 82.7 Å². The maximum atomic E-state index is 14.8. The highest BCUT2D eigenvalue weighted by Crippen LogP contribution is 2.40. The summed E-state index contributed by atoms with van der Waals surface area (Å²) in [6.07, 6.45) is 4.13. The molecule has 36 heavy (non-hydrogen) atoms. The monoisotopic (exact) mass is 490 g/mol. The molecule has 6 heteroatoms. The van der Waals surface area contributed by atoms with Crippen LogP contribution in [0.1, 0.15) is 41.0 Å². The van der Waals surface area contributed by atoms with Crippen LogP contribution in [0.2, 0.25) is 0 Å². The van der Waals surface area contributed by atoms with Crippen LogP contribution in [0.5, 0.6) is 17.2 Å². The number of benzene rings is 3. The molecule has 2 aliphatic rings. The number of halogens is 1. The van der Waals surface area contributed by atoms with Crippen molar-refractivity contribution in [3.8, 4) is 17.2 Å². The second-order valence-electron chi connectivity index (χ2n) is 9.98. The molecule has 0 radical (unpaired) electrons. The minimum absolute atomic E-state index is 0.316. The lowest BCUT2D eigenvalue weighted by atomic mass is 9.79. The van der Waals surface area contributed by atoms with E-state index in [0.717, 1.165) is 55.9 Å². The summed E-state index contributed by atoms with van der Waals surface area (Å²) in [6.45, 7) is 4.14. The Bertz CT molecular complexity index is 1210. The molecule has 1 heterocycles. The molecule has 0 spiro atoms. The number of methoxy groups -OCH3 is 1. The number of hydrogen-bond acceptors (Lipinski definition) is 5. The second-order valence-corrected chi connectivity index (χ2v) is 9.98. The zero-order valence-electron chi connectivity index (χ0n) is 21.2. The molecule has 1 unspecified atom stereocenters. The molecule has 3 aromatic rings. The van der Waals surface area contributed by atoms with Gasteiger partial charge < -0.3 is 19.5 Å². The third-order valence-corrected chi connectivity index (χ3v) is 7.54. The molecule has 1 N–H and O–H groups in total. The summed E-state index contributed by atoms with van der Waals surface area (Å²) in [7, 11) is 3.72. The normalized spacial score (nSPS) is 17.2. The largest absolute Gasteiger partial charge is 0.508 e. The number of ether oxygens (including phenoxy) is 2. The van der Waals surface area contributed by atoms with Crippen molar-refractivity contribution in [1.29, 1.82) is 0 Å². The van der Waals surface area contributed by atoms with E-state index < -0.39 is 0 Å². The van der Waals surface area contributed by atoms with Gasteiger partial charge in [-0.3, -0.25) is 4.90 Å². The van der Waals surface area contributed by atoms with Crippen LogP contribution in [0.3, 0.4) is 0 Å². The van der Waals surface area contributed by atoms with E-state index in [0.29, 0.717) is 30.6 Å². The Kier molecular flexibility index (Phi) is 7.33. The third kappa shape index (κ3) is 5.44. The Morgan fingerprint density at radius 2 is 1.92 bits per heavy atom. The molecule has 190 valence electrons. The predicted octanol–water partition coefficient (Wildman–Crippen LogP) is 5.53. The third-order valence-electron chi connectivity index (χ3n) is 7.54. The van der Waals surface area contributed by atoms with Gasteiger partial charge in [0, 0.05) is 31.9 Å². The van der Waals surface area contributed by atoms with E-state index >= 15 is 0 Å². The molecule has 5 nitrogen and oxygen atoms in total. The quantitative estimate of drug-likeness (QED) is 0.427. The number of hydrogen-bond donors (Lipinski definition) is 1. The standard InChI is InChI=1S/C30H35FN2O3/c1-32(20-21-4-11-30(28(31)16-21)36-15-14-33-12-3-13-33)29-19-26(35-2)9-10-27(29)24-6-5-23-18-25(34)8-7-22(23)17-24/h4,7-11,16,18-19,24,34H,3,5-6,12-15,17,20H2,1-2H3. The molecular formula is C30H35FN2O3. The number of anilines is 1. The molecule has 1 aliphatic heterocycles. The molecule has 0 aromatic heterocycles. The van der Waals surface area contributed by atoms with E-state index in [2.05, 4.69) is 21.9 Å². The van der Waals surface area contributed by atoms with Crippen molar-refractivity contribution in [2.24, 2.45) is 0 Å². The van der Waals surface area contributed by atoms with Gasteiger partial charge in [-0.15, -0.1) is 0 Å². The van der Waals surface area contributed by atoms with Crippen LogP contribution in [0.4, 0.5) is 10.1 Å². The average Bonchev–Trinajstić information content (AvgIpc) is 2.86. The van der Waals surface area contributed by atoms with Crippen molar-refractivity contribution in [1.82, 2.24) is 4.90 Å². The first-order valence-electron chi connectivity index (χ1n) is 12.8. The minimum Gasteiger partial charge on any atom is -0.508 e. The fraction of sp³-hybridized carbons (Fsp3) is 0.400. The number of phenolic OH excluding ortho intramolecular Hbond substituents is 1. The van der Waals surface area contributed by atoms with Gasteiger partial charge in [-0.25, -0.2) is 4.39 Å². The molecule has 1 aliphatic carbocycles. The molecule has 0 bridgehead atoms. The lowest BCUT2D eigenvalue weighted by molar-refractivity contribution is 0.145. The smallest absolute Gasteiger partial charge is 0.165 e. The average molecular weight is 491 g/mol. The van der Waals surface area contributed by atoms with E-state index in [1.807, 2.05) is 31.3 Å². The molecule has 0 saturated carbocycles. The van der Waals surface area contributed by atoms with Crippen molar-refractivity contribution in [2.45, 2.75) is 38.1 Å². The Labute approximate surface area is 213 Å². The van der Waals surface area contributed by atoms with Gasteiger partial charge in [0.1, 0.15) is 18.1 Å². The van der Waals surface area contributed by atoms with E-state index in [9.17, 15) is 9.50 Å². The highest BCUT2D eigenvalue weighted by atomic mass is 19.1. The van der Waals surface area contributed by atoms with Crippen LogP contribution in [-0.4, -0.2) is 50.4 Å². The Morgan fingerprint density at radius 3 is 2.67 bits per heavy atom. The molecule has 0 amide bonds. The van der Waals surface area contributed by atoms with Gasteiger partial charge in [0.05, 0.1) is 7.11 Å². The first kappa shape index (κ1) is 24.4. The zero-order valence-corrected chi connectivity index (χ0v) is 21.2. The summed E-state index contributed by atoms with van der Waals surface area (Å²) >= 11 is 0. The van der Waals surface area contributed by atoms with E-state index in [1.165, 1.54) is 23.1 Å². The van der Waals surface area contributed by atoms with Gasteiger partial charge in [0.25, 0.3) is 0 Å². The van der Waals surface area contributed by atoms with Crippen LogP contribution in [0.25, 0.3) is 0 Å². The van der Waals surface area contributed by atoms with Crippen molar-refractivity contribution in [2.75, 3.05) is 45.3 Å². The number of nitrogens with zero attached hydrogens (tertiary/aromatic N) is 2. The number of rotatable bonds is 9. The number of fused-ring (bicyclic) bond motifs is 1. The molecule has 3 aromatic carbocycles. The fourth-order valence-corrected chi connectivity index (χ4v) is 5.34. The Hall–Kier alpha value is -3.25. The zero-order chi connectivity index (χ0) is 25.1. The van der Waals surface area contributed by atoms with E-state index in [1.54, 1.807) is 25.3 Å². The van der Waals surface area contributed by atoms with Crippen LogP contribution in [0.15, 0.2) is 54.6 Å². The van der Waals surface area contributed by atoms with Crippen LogP contribution >= 0.6 is 0 Å². The summed E-state index contributed by atoms with van der Waals surface area (Å²) in [5, 5.41) is 9.84. The molecule has 1 atom stereocenters. The summed E-state index contributed by atoms with van der Waals surface area (Å²) < 4.78 is 26.0. The fourth-order valence-electron chi connectivity index (χ4n) is 5.34. The van der Waals surface area contributed by atoms with Crippen molar-refractivity contribution < 1.29 is 19.0 Å². The number of phenols is 1. The summed E-state index contributed by atoms with van der Waals surface area (Å²) in [6, 6.07) is 17.2. The second kappa shape index (κ2) is 10.8. The minimum atomic E-state index is -0.317. The Balaban J connectivity index is 1.31. The van der Waals surface area contributed by atoms with Crippen molar-refractivity contribution >= 4 is 5.69 Å². The first-order valence-corrected chi connectivity index (χ1v) is 12.8. The summed E-state index contributed by atoms with van der Waals surface area (Å²) in [4.78, 5) is 4.48. The van der Waals surface area contributed by atoms with Gasteiger partial charge in [-0.05, 0) is 97.3 Å². The topological polar surface area (TPSA) is 45.2 Å². The molecule has 5 rings (SSSR count). The number of likely N-dealkylation sites (tertiary alicyclic amines) is 1. The van der Waals surface area contributed by atoms with Gasteiger partial charge in [-0.1, -0.05) is 18.2 Å². The van der Waals surface area contributed by atoms with Gasteiger partial charge in [0.15, 0.2) is 11.6 Å². The maximum absolute atomic E-state index is 14.8. The predicted molar refractivity (Wildman–Crippen MR) is 141 cm³/mol. The van der Waals surface area contributed by atoms with Crippen LogP contribution in [-0.2, 0) is 19.4 Å². The van der Waals surface area contributed by atoms with Crippen molar-refractivity contribution in [3.63, 3.8) is 0 Å². The van der Waals surface area contributed by atoms with E-state index in [-0.39, 0.29) is 5.82 Å². The lowest BCUT2D eigenvalue weighted by Gasteiger charge is -2.30. The van der Waals surface area contributed by atoms with Gasteiger partial charge in [-0.2, -0.15) is 0 Å². The number of aryl methyl sites for hydroxylation is 1. The lowest BCUT2D eigenvalue weighted by Crippen LogP contribution is -2.39. The van der Waals surface area contributed by atoms with Gasteiger partial charge in [0.2, 0.25) is 0 Å². The summed E-state index contributed by atoms with van der Waals surface area (Å²) in [5.41, 5.74) is 5.78. The highest BCUT2D eigenvalue weighted by Gasteiger charge is 2.24. The maximum Gasteiger partial charge on any atom is 0.165 e. The SMILES string of the molecule is COc1ccc(C2CCc3cc(O)ccc3C2)c(N(C)Cc2ccc(OCCN3CCC3)c(F)c2)c1. The molecule has 1 fully saturated rings.